The molecule has 3 heterocycles. The fraction of sp³-hybridized carbons (Fsp3) is 0.364. The Bertz CT molecular complexity index is 1080. The van der Waals surface area contributed by atoms with Crippen LogP contribution in [0.1, 0.15) is 48.1 Å². The monoisotopic (exact) mass is 415 g/mol. The number of hydrogen-bond donors (Lipinski definition) is 4. The Hall–Kier alpha value is -3.82. The molecule has 6 N–H and O–H groups in total. The van der Waals surface area contributed by atoms with Crippen molar-refractivity contribution in [1.29, 1.82) is 10.5 Å². The first-order chi connectivity index (χ1) is 15.0. The summed E-state index contributed by atoms with van der Waals surface area (Å²) in [5, 5.41) is 23.9. The first-order valence-electron chi connectivity index (χ1n) is 10.3. The Kier molecular flexibility index (Phi) is 5.61. The Morgan fingerprint density at radius 3 is 2.55 bits per heavy atom. The van der Waals surface area contributed by atoms with Crippen LogP contribution < -0.4 is 22.1 Å². The molecule has 1 aromatic carbocycles. The Labute approximate surface area is 181 Å². The number of nitrogens with zero attached hydrogens (tertiary/aromatic N) is 5. The molecule has 4 rings (SSSR count). The number of hydrogen-bond acceptors (Lipinski definition) is 9. The predicted octanol–water partition coefficient (Wildman–Crippen LogP) is 2.29. The Balaban J connectivity index is 1.65. The highest BCUT2D eigenvalue weighted by Gasteiger charge is 2.29. The number of nitrogen functional groups attached to an aromatic ring is 2. The number of guanidine groups is 1. The number of aliphatic imine (C=N–C) groups is 1. The smallest absolute Gasteiger partial charge is 0.211 e. The summed E-state index contributed by atoms with van der Waals surface area (Å²) in [7, 11) is 0. The lowest BCUT2D eigenvalue weighted by Gasteiger charge is -2.30. The van der Waals surface area contributed by atoms with Gasteiger partial charge in [0.2, 0.25) is 5.96 Å². The van der Waals surface area contributed by atoms with Crippen LogP contribution in [0.3, 0.4) is 0 Å². The summed E-state index contributed by atoms with van der Waals surface area (Å²) < 4.78 is 0. The number of pyridine rings is 1. The lowest BCUT2D eigenvalue weighted by Crippen LogP contribution is -2.33. The predicted molar refractivity (Wildman–Crippen MR) is 120 cm³/mol. The second kappa shape index (κ2) is 8.50. The van der Waals surface area contributed by atoms with Gasteiger partial charge in [0, 0.05) is 12.1 Å². The van der Waals surface area contributed by atoms with E-state index in [1.807, 2.05) is 24.4 Å². The van der Waals surface area contributed by atoms with Gasteiger partial charge in [0.15, 0.2) is 6.19 Å². The van der Waals surface area contributed by atoms with Gasteiger partial charge in [0.1, 0.15) is 29.3 Å². The van der Waals surface area contributed by atoms with Gasteiger partial charge in [-0.2, -0.15) is 10.5 Å². The van der Waals surface area contributed by atoms with E-state index in [2.05, 4.69) is 44.6 Å². The molecular weight excluding hydrogens is 390 g/mol. The molecule has 1 unspecified atom stereocenters. The summed E-state index contributed by atoms with van der Waals surface area (Å²) in [5.74, 6) is 1.48. The number of piperidine rings is 1. The van der Waals surface area contributed by atoms with Crippen molar-refractivity contribution in [2.45, 2.75) is 32.4 Å². The zero-order valence-corrected chi connectivity index (χ0v) is 17.4. The third-order valence-corrected chi connectivity index (χ3v) is 5.94. The molecule has 2 aliphatic rings. The van der Waals surface area contributed by atoms with E-state index in [-0.39, 0.29) is 23.0 Å². The standard InChI is InChI=1S/C22H25N9/c1-13-6-8-31(9-7-13)11-14-2-4-15(5-3-14)19-17-18(25)16(10-23)20(26)29-21(17)30-22(28-19)27-12-24/h2-5,13,19H,6-9,11H2,1H3,(H6,25,26,27,28,29,30). The molecule has 0 radical (unpaired) electrons. The summed E-state index contributed by atoms with van der Waals surface area (Å²) in [6.07, 6.45) is 4.34. The van der Waals surface area contributed by atoms with Crippen LogP contribution in [0.15, 0.2) is 29.3 Å². The van der Waals surface area contributed by atoms with Crippen LogP contribution in [0.4, 0.5) is 17.3 Å². The highest BCUT2D eigenvalue weighted by Crippen LogP contribution is 2.40. The number of rotatable bonds is 3. The van der Waals surface area contributed by atoms with E-state index in [4.69, 9.17) is 16.7 Å². The molecule has 31 heavy (non-hydrogen) atoms. The molecule has 9 nitrogen and oxygen atoms in total. The average Bonchev–Trinajstić information content (AvgIpc) is 2.76. The molecule has 9 heteroatoms. The summed E-state index contributed by atoms with van der Waals surface area (Å²) in [6, 6.07) is 9.71. The van der Waals surface area contributed by atoms with E-state index >= 15 is 0 Å². The molecule has 1 aromatic heterocycles. The fourth-order valence-corrected chi connectivity index (χ4v) is 4.11. The van der Waals surface area contributed by atoms with Crippen molar-refractivity contribution >= 4 is 23.3 Å². The van der Waals surface area contributed by atoms with Crippen molar-refractivity contribution in [3.05, 3.63) is 46.5 Å². The SMILES string of the molecule is CC1CCN(Cc2ccc(C3N=C(NC#N)Nc4nc(N)c(C#N)c(N)c43)cc2)CC1. The van der Waals surface area contributed by atoms with Gasteiger partial charge < -0.3 is 16.8 Å². The number of likely N-dealkylation sites (tertiary alicyclic amines) is 1. The quantitative estimate of drug-likeness (QED) is 0.440. The van der Waals surface area contributed by atoms with E-state index in [1.165, 1.54) is 18.4 Å². The van der Waals surface area contributed by atoms with E-state index in [1.54, 1.807) is 0 Å². The number of anilines is 3. The maximum atomic E-state index is 9.44. The van der Waals surface area contributed by atoms with Gasteiger partial charge in [-0.05, 0) is 43.0 Å². The highest BCUT2D eigenvalue weighted by atomic mass is 15.2. The lowest BCUT2D eigenvalue weighted by atomic mass is 9.94. The van der Waals surface area contributed by atoms with Crippen LogP contribution >= 0.6 is 0 Å². The number of fused-ring (bicyclic) bond motifs is 1. The van der Waals surface area contributed by atoms with Gasteiger partial charge in [-0.25, -0.2) is 9.98 Å². The maximum absolute atomic E-state index is 9.44. The third-order valence-electron chi connectivity index (χ3n) is 5.94. The number of benzene rings is 1. The second-order valence-electron chi connectivity index (χ2n) is 8.10. The van der Waals surface area contributed by atoms with Crippen molar-refractivity contribution in [3.8, 4) is 12.3 Å². The summed E-state index contributed by atoms with van der Waals surface area (Å²) in [4.78, 5) is 11.4. The van der Waals surface area contributed by atoms with Crippen LogP contribution in [0.5, 0.6) is 0 Å². The first kappa shape index (κ1) is 20.5. The van der Waals surface area contributed by atoms with Crippen molar-refractivity contribution in [1.82, 2.24) is 15.2 Å². The fourth-order valence-electron chi connectivity index (χ4n) is 4.11. The number of nitrogens with one attached hydrogen (secondary N) is 2. The van der Waals surface area contributed by atoms with Crippen molar-refractivity contribution in [2.75, 3.05) is 29.9 Å². The summed E-state index contributed by atoms with van der Waals surface area (Å²) in [6.45, 7) is 5.47. The molecular formula is C22H25N9. The van der Waals surface area contributed by atoms with E-state index in [9.17, 15) is 5.26 Å². The minimum atomic E-state index is -0.516. The maximum Gasteiger partial charge on any atom is 0.211 e. The van der Waals surface area contributed by atoms with Gasteiger partial charge in [0.25, 0.3) is 0 Å². The van der Waals surface area contributed by atoms with Crippen LogP contribution in [0.2, 0.25) is 0 Å². The van der Waals surface area contributed by atoms with Crippen molar-refractivity contribution in [2.24, 2.45) is 10.9 Å². The molecule has 1 fully saturated rings. The van der Waals surface area contributed by atoms with Crippen LogP contribution in [-0.2, 0) is 6.54 Å². The molecule has 1 atom stereocenters. The zero-order chi connectivity index (χ0) is 22.0. The molecule has 0 spiro atoms. The normalized spacial score (nSPS) is 18.8. The van der Waals surface area contributed by atoms with E-state index in [0.717, 1.165) is 31.1 Å². The molecule has 0 bridgehead atoms. The largest absolute Gasteiger partial charge is 0.397 e. The topological polar surface area (TPSA) is 152 Å². The van der Waals surface area contributed by atoms with E-state index in [0.29, 0.717) is 11.4 Å². The minimum absolute atomic E-state index is 0.0365. The van der Waals surface area contributed by atoms with Gasteiger partial charge in [0.05, 0.1) is 5.69 Å². The number of nitriles is 2. The molecule has 158 valence electrons. The first-order valence-corrected chi connectivity index (χ1v) is 10.3. The average molecular weight is 416 g/mol. The number of aromatic nitrogens is 1. The highest BCUT2D eigenvalue weighted by molar-refractivity contribution is 5.98. The van der Waals surface area contributed by atoms with Gasteiger partial charge in [-0.3, -0.25) is 10.2 Å². The molecule has 0 saturated carbocycles. The van der Waals surface area contributed by atoms with E-state index < -0.39 is 6.04 Å². The summed E-state index contributed by atoms with van der Waals surface area (Å²) in [5.41, 5.74) is 15.2. The molecule has 1 saturated heterocycles. The minimum Gasteiger partial charge on any atom is -0.397 e. The lowest BCUT2D eigenvalue weighted by molar-refractivity contribution is 0.185. The zero-order valence-electron chi connectivity index (χ0n) is 17.4. The third kappa shape index (κ3) is 4.09. The van der Waals surface area contributed by atoms with Crippen LogP contribution in [0, 0.1) is 28.7 Å². The van der Waals surface area contributed by atoms with Gasteiger partial charge >= 0.3 is 0 Å². The Morgan fingerprint density at radius 1 is 1.19 bits per heavy atom. The summed E-state index contributed by atoms with van der Waals surface area (Å²) >= 11 is 0. The molecule has 2 aliphatic heterocycles. The van der Waals surface area contributed by atoms with Gasteiger partial charge in [-0.1, -0.05) is 31.2 Å². The molecule has 2 aromatic rings. The van der Waals surface area contributed by atoms with Gasteiger partial charge in [-0.15, -0.1) is 0 Å². The van der Waals surface area contributed by atoms with Crippen LogP contribution in [-0.4, -0.2) is 28.9 Å². The second-order valence-corrected chi connectivity index (χ2v) is 8.10. The van der Waals surface area contributed by atoms with Crippen molar-refractivity contribution in [3.63, 3.8) is 0 Å². The van der Waals surface area contributed by atoms with Crippen LogP contribution in [0.25, 0.3) is 0 Å². The molecule has 0 aliphatic carbocycles. The number of nitrogens with two attached hydrogens (primary N) is 2. The molecule has 0 amide bonds. The Morgan fingerprint density at radius 2 is 1.90 bits per heavy atom. The van der Waals surface area contributed by atoms with Crippen molar-refractivity contribution < 1.29 is 0 Å².